The van der Waals surface area contributed by atoms with Crippen molar-refractivity contribution in [3.05, 3.63) is 28.2 Å². The number of piperidine rings is 1. The summed E-state index contributed by atoms with van der Waals surface area (Å²) in [4.78, 5) is 39.1. The summed E-state index contributed by atoms with van der Waals surface area (Å²) in [5.74, 6) is -1.82. The number of aliphatic carboxylic acids is 1. The molecule has 6 nitrogen and oxygen atoms in total. The second-order valence-electron chi connectivity index (χ2n) is 6.03. The molecule has 2 heterocycles. The second-order valence-corrected chi connectivity index (χ2v) is 6.88. The van der Waals surface area contributed by atoms with Crippen molar-refractivity contribution in [2.45, 2.75) is 25.3 Å². The van der Waals surface area contributed by atoms with E-state index < -0.39 is 12.0 Å². The van der Waals surface area contributed by atoms with Gasteiger partial charge in [-0.3, -0.25) is 19.3 Å². The summed E-state index contributed by atoms with van der Waals surface area (Å²) < 4.78 is 0. The molecule has 2 aliphatic heterocycles. The van der Waals surface area contributed by atoms with Crippen molar-refractivity contribution in [3.8, 4) is 0 Å². The Bertz CT molecular complexity index is 701. The fraction of sp³-hybridized carbons (Fsp3) is 0.438. The number of carbonyl (C=O) groups is 3. The van der Waals surface area contributed by atoms with Crippen LogP contribution in [0.2, 0.25) is 10.0 Å². The van der Waals surface area contributed by atoms with Crippen LogP contribution in [0, 0.1) is 5.92 Å². The molecule has 2 fully saturated rings. The van der Waals surface area contributed by atoms with Crippen LogP contribution in [-0.2, 0) is 14.4 Å². The predicted octanol–water partition coefficient (Wildman–Crippen LogP) is 2.42. The fourth-order valence-corrected chi connectivity index (χ4v) is 3.77. The van der Waals surface area contributed by atoms with Crippen molar-refractivity contribution in [1.82, 2.24) is 4.90 Å². The minimum absolute atomic E-state index is 0.0789. The molecule has 0 spiro atoms. The first-order chi connectivity index (χ1) is 11.4. The topological polar surface area (TPSA) is 77.9 Å². The van der Waals surface area contributed by atoms with E-state index in [1.54, 1.807) is 12.1 Å². The lowest BCUT2D eigenvalue weighted by Gasteiger charge is -2.33. The van der Waals surface area contributed by atoms with E-state index in [0.29, 0.717) is 36.6 Å². The van der Waals surface area contributed by atoms with Crippen molar-refractivity contribution < 1.29 is 19.5 Å². The third-order valence-electron chi connectivity index (χ3n) is 4.59. The summed E-state index contributed by atoms with van der Waals surface area (Å²) in [7, 11) is 0. The second kappa shape index (κ2) is 6.70. The lowest BCUT2D eigenvalue weighted by Crippen LogP contribution is -2.46. The van der Waals surface area contributed by atoms with Crippen molar-refractivity contribution in [3.63, 3.8) is 0 Å². The molecule has 2 aliphatic rings. The Morgan fingerprint density at radius 2 is 1.83 bits per heavy atom. The van der Waals surface area contributed by atoms with Gasteiger partial charge in [0.2, 0.25) is 5.91 Å². The average molecular weight is 371 g/mol. The zero-order chi connectivity index (χ0) is 17.4. The molecule has 0 saturated carbocycles. The van der Waals surface area contributed by atoms with Crippen LogP contribution in [0.25, 0.3) is 0 Å². The van der Waals surface area contributed by atoms with Crippen LogP contribution in [0.15, 0.2) is 18.2 Å². The molecule has 1 unspecified atom stereocenters. The van der Waals surface area contributed by atoms with Crippen LogP contribution in [0.1, 0.15) is 19.3 Å². The van der Waals surface area contributed by atoms with Gasteiger partial charge in [0, 0.05) is 5.02 Å². The van der Waals surface area contributed by atoms with Gasteiger partial charge in [-0.05, 0) is 44.1 Å². The number of benzene rings is 1. The molecule has 2 amide bonds. The monoisotopic (exact) mass is 370 g/mol. The molecule has 3 rings (SSSR count). The average Bonchev–Trinajstić information content (AvgIpc) is 2.83. The largest absolute Gasteiger partial charge is 0.481 e. The molecule has 1 atom stereocenters. The number of anilines is 1. The lowest BCUT2D eigenvalue weighted by molar-refractivity contribution is -0.143. The third-order valence-corrected chi connectivity index (χ3v) is 5.13. The lowest BCUT2D eigenvalue weighted by atomic mass is 9.96. The van der Waals surface area contributed by atoms with Gasteiger partial charge in [0.05, 0.1) is 29.1 Å². The molecule has 0 radical (unpaired) electrons. The highest BCUT2D eigenvalue weighted by atomic mass is 35.5. The van der Waals surface area contributed by atoms with E-state index in [0.717, 1.165) is 4.90 Å². The maximum atomic E-state index is 12.7. The molecule has 128 valence electrons. The van der Waals surface area contributed by atoms with Gasteiger partial charge in [0.1, 0.15) is 0 Å². The van der Waals surface area contributed by atoms with Gasteiger partial charge in [0.15, 0.2) is 0 Å². The first-order valence-electron chi connectivity index (χ1n) is 7.67. The maximum Gasteiger partial charge on any atom is 0.306 e. The van der Waals surface area contributed by atoms with E-state index in [1.165, 1.54) is 6.07 Å². The number of rotatable bonds is 3. The van der Waals surface area contributed by atoms with E-state index in [2.05, 4.69) is 0 Å². The summed E-state index contributed by atoms with van der Waals surface area (Å²) in [6.07, 6.45) is 1.04. The van der Waals surface area contributed by atoms with Gasteiger partial charge in [-0.2, -0.15) is 0 Å². The number of nitrogens with zero attached hydrogens (tertiary/aromatic N) is 2. The van der Waals surface area contributed by atoms with Crippen LogP contribution >= 0.6 is 23.2 Å². The number of likely N-dealkylation sites (tertiary alicyclic amines) is 1. The number of halogens is 2. The Morgan fingerprint density at radius 3 is 2.42 bits per heavy atom. The minimum atomic E-state index is -0.807. The Morgan fingerprint density at radius 1 is 1.17 bits per heavy atom. The molecule has 1 aromatic carbocycles. The smallest absolute Gasteiger partial charge is 0.306 e. The molecule has 1 aromatic rings. The molecule has 8 heteroatoms. The van der Waals surface area contributed by atoms with Gasteiger partial charge in [-0.25, -0.2) is 4.90 Å². The third kappa shape index (κ3) is 3.14. The van der Waals surface area contributed by atoms with E-state index >= 15 is 0 Å². The molecule has 24 heavy (non-hydrogen) atoms. The molecule has 0 aromatic heterocycles. The van der Waals surface area contributed by atoms with Crippen molar-refractivity contribution in [2.75, 3.05) is 18.0 Å². The zero-order valence-electron chi connectivity index (χ0n) is 12.7. The molecule has 2 saturated heterocycles. The minimum Gasteiger partial charge on any atom is -0.481 e. The molecule has 0 aliphatic carbocycles. The van der Waals surface area contributed by atoms with Crippen LogP contribution < -0.4 is 4.90 Å². The van der Waals surface area contributed by atoms with Crippen molar-refractivity contribution in [1.29, 1.82) is 0 Å². The van der Waals surface area contributed by atoms with Gasteiger partial charge in [-0.15, -0.1) is 0 Å². The van der Waals surface area contributed by atoms with Gasteiger partial charge >= 0.3 is 5.97 Å². The van der Waals surface area contributed by atoms with E-state index in [4.69, 9.17) is 28.3 Å². The SMILES string of the molecule is O=C(O)C1CCN(C2CC(=O)N(c3ccc(Cl)cc3Cl)C2=O)CC1. The number of carboxylic acid groups (broad SMARTS) is 1. The standard InChI is InChI=1S/C16H16Cl2N2O4/c17-10-1-2-12(11(18)7-10)20-14(21)8-13(15(20)22)19-5-3-9(4-6-19)16(23)24/h1-2,7,9,13H,3-6,8H2,(H,23,24). The van der Waals surface area contributed by atoms with Crippen LogP contribution in [0.5, 0.6) is 0 Å². The number of imide groups is 1. The number of hydrogen-bond acceptors (Lipinski definition) is 4. The summed E-state index contributed by atoms with van der Waals surface area (Å²) in [5, 5.41) is 9.73. The number of amides is 2. The van der Waals surface area contributed by atoms with Crippen molar-refractivity contribution in [2.24, 2.45) is 5.92 Å². The Hall–Kier alpha value is -1.63. The van der Waals surface area contributed by atoms with E-state index in [1.807, 2.05) is 4.90 Å². The van der Waals surface area contributed by atoms with Gasteiger partial charge < -0.3 is 5.11 Å². The normalized spacial score (nSPS) is 23.1. The molecular weight excluding hydrogens is 355 g/mol. The van der Waals surface area contributed by atoms with E-state index in [-0.39, 0.29) is 29.2 Å². The van der Waals surface area contributed by atoms with Gasteiger partial charge in [-0.1, -0.05) is 23.2 Å². The Balaban J connectivity index is 1.76. The number of hydrogen-bond donors (Lipinski definition) is 1. The van der Waals surface area contributed by atoms with E-state index in [9.17, 15) is 14.4 Å². The Labute approximate surface area is 148 Å². The Kier molecular flexibility index (Phi) is 4.80. The molecular formula is C16H16Cl2N2O4. The first-order valence-corrected chi connectivity index (χ1v) is 8.43. The quantitative estimate of drug-likeness (QED) is 0.826. The number of carboxylic acids is 1. The zero-order valence-corrected chi connectivity index (χ0v) is 14.3. The summed E-state index contributed by atoms with van der Waals surface area (Å²) in [6.45, 7) is 0.978. The van der Waals surface area contributed by atoms with Gasteiger partial charge in [0.25, 0.3) is 5.91 Å². The summed E-state index contributed by atoms with van der Waals surface area (Å²) >= 11 is 12.0. The summed E-state index contributed by atoms with van der Waals surface area (Å²) in [5.41, 5.74) is 0.332. The fourth-order valence-electron chi connectivity index (χ4n) is 3.27. The van der Waals surface area contributed by atoms with Crippen LogP contribution in [-0.4, -0.2) is 46.9 Å². The number of carbonyl (C=O) groups excluding carboxylic acids is 2. The van der Waals surface area contributed by atoms with Crippen LogP contribution in [0.4, 0.5) is 5.69 Å². The predicted molar refractivity (Wildman–Crippen MR) is 89.3 cm³/mol. The summed E-state index contributed by atoms with van der Waals surface area (Å²) in [6, 6.07) is 4.07. The highest BCUT2D eigenvalue weighted by Crippen LogP contribution is 2.34. The molecule has 0 bridgehead atoms. The first kappa shape index (κ1) is 17.2. The maximum absolute atomic E-state index is 12.7. The highest BCUT2D eigenvalue weighted by molar-refractivity contribution is 6.38. The van der Waals surface area contributed by atoms with Crippen molar-refractivity contribution >= 4 is 46.7 Å². The highest BCUT2D eigenvalue weighted by Gasteiger charge is 2.44. The molecule has 1 N–H and O–H groups in total. The van der Waals surface area contributed by atoms with Crippen LogP contribution in [0.3, 0.4) is 0 Å².